The summed E-state index contributed by atoms with van der Waals surface area (Å²) in [5.74, 6) is 0. The highest BCUT2D eigenvalue weighted by molar-refractivity contribution is 7.12. The minimum atomic E-state index is 0.651. The van der Waals surface area contributed by atoms with Crippen LogP contribution in [-0.4, -0.2) is 39.6 Å². The molecule has 1 fully saturated rings. The van der Waals surface area contributed by atoms with Crippen LogP contribution in [0.1, 0.15) is 34.6 Å². The molecule has 2 rings (SSSR count). The topological polar surface area (TPSA) is 39.7 Å². The van der Waals surface area contributed by atoms with Crippen molar-refractivity contribution in [2.75, 3.05) is 33.5 Å². The lowest BCUT2D eigenvalue weighted by molar-refractivity contribution is 0.0336. The molecule has 21 heavy (non-hydrogen) atoms. The minimum Gasteiger partial charge on any atom is -0.385 e. The molecule has 1 N–H and O–H groups in total. The Labute approximate surface area is 131 Å². The average Bonchev–Trinajstić information content (AvgIpc) is 3.24. The third-order valence-electron chi connectivity index (χ3n) is 3.48. The third-order valence-corrected chi connectivity index (χ3v) is 4.57. The second-order valence-corrected chi connectivity index (χ2v) is 6.80. The quantitative estimate of drug-likeness (QED) is 0.602. The van der Waals surface area contributed by atoms with Gasteiger partial charge in [-0.25, -0.2) is 0 Å². The monoisotopic (exact) mass is 313 g/mol. The number of aryl methyl sites for hydroxylation is 1. The molecule has 1 aliphatic carbocycles. The summed E-state index contributed by atoms with van der Waals surface area (Å²) < 4.78 is 16.1. The molecule has 0 bridgehead atoms. The maximum atomic E-state index is 5.69. The maximum absolute atomic E-state index is 5.69. The fourth-order valence-electron chi connectivity index (χ4n) is 2.06. The Morgan fingerprint density at radius 2 is 2.00 bits per heavy atom. The molecule has 1 aliphatic rings. The molecule has 0 unspecified atom stereocenters. The van der Waals surface area contributed by atoms with Gasteiger partial charge >= 0.3 is 0 Å². The fraction of sp³-hybridized carbons (Fsp3) is 0.750. The summed E-state index contributed by atoms with van der Waals surface area (Å²) in [5, 5.41) is 3.55. The Bertz CT molecular complexity index is 404. The molecule has 1 aromatic heterocycles. The van der Waals surface area contributed by atoms with Gasteiger partial charge in [-0.2, -0.15) is 0 Å². The highest BCUT2D eigenvalue weighted by Crippen LogP contribution is 2.24. The van der Waals surface area contributed by atoms with E-state index < -0.39 is 0 Å². The van der Waals surface area contributed by atoms with E-state index in [2.05, 4.69) is 18.3 Å². The van der Waals surface area contributed by atoms with Crippen molar-refractivity contribution in [2.45, 2.75) is 45.4 Å². The lowest BCUT2D eigenvalue weighted by atomic mass is 10.2. The molecule has 0 aliphatic heterocycles. The molecule has 0 saturated heterocycles. The minimum absolute atomic E-state index is 0.651. The first-order chi connectivity index (χ1) is 10.3. The van der Waals surface area contributed by atoms with Crippen molar-refractivity contribution in [3.05, 3.63) is 21.4 Å². The third kappa shape index (κ3) is 6.89. The molecular formula is C16H27NO3S. The van der Waals surface area contributed by atoms with E-state index in [-0.39, 0.29) is 0 Å². The van der Waals surface area contributed by atoms with Gasteiger partial charge in [0.2, 0.25) is 0 Å². The van der Waals surface area contributed by atoms with Crippen molar-refractivity contribution < 1.29 is 14.2 Å². The summed E-state index contributed by atoms with van der Waals surface area (Å²) in [5.41, 5.74) is 1.31. The van der Waals surface area contributed by atoms with Crippen LogP contribution in [0.5, 0.6) is 0 Å². The summed E-state index contributed by atoms with van der Waals surface area (Å²) in [6, 6.07) is 3.04. The number of nitrogens with one attached hydrogen (secondary N) is 1. The van der Waals surface area contributed by atoms with Crippen LogP contribution in [0.25, 0.3) is 0 Å². The second kappa shape index (κ2) is 9.54. The highest BCUT2D eigenvalue weighted by atomic mass is 32.1. The molecule has 1 saturated carbocycles. The number of methoxy groups -OCH3 is 1. The highest BCUT2D eigenvalue weighted by Gasteiger charge is 2.20. The van der Waals surface area contributed by atoms with Gasteiger partial charge in [0.15, 0.2) is 0 Å². The molecule has 0 spiro atoms. The average molecular weight is 313 g/mol. The van der Waals surface area contributed by atoms with E-state index in [1.807, 2.05) is 11.3 Å². The van der Waals surface area contributed by atoms with Crippen LogP contribution < -0.4 is 5.32 Å². The zero-order valence-electron chi connectivity index (χ0n) is 13.2. The molecular weight excluding hydrogens is 286 g/mol. The zero-order chi connectivity index (χ0) is 14.9. The van der Waals surface area contributed by atoms with Crippen LogP contribution in [0.4, 0.5) is 0 Å². The zero-order valence-corrected chi connectivity index (χ0v) is 14.0. The molecule has 0 atom stereocenters. The van der Waals surface area contributed by atoms with Crippen LogP contribution in [0, 0.1) is 6.92 Å². The Balaban J connectivity index is 1.54. The first-order valence-corrected chi connectivity index (χ1v) is 8.57. The molecule has 0 radical (unpaired) electrons. The number of ether oxygens (including phenoxy) is 3. The summed E-state index contributed by atoms with van der Waals surface area (Å²) >= 11 is 1.87. The second-order valence-electron chi connectivity index (χ2n) is 5.46. The summed E-state index contributed by atoms with van der Waals surface area (Å²) in [6.45, 7) is 6.66. The summed E-state index contributed by atoms with van der Waals surface area (Å²) in [4.78, 5) is 2.78. The Morgan fingerprint density at radius 3 is 2.76 bits per heavy atom. The van der Waals surface area contributed by atoms with Gasteiger partial charge in [0.25, 0.3) is 0 Å². The summed E-state index contributed by atoms with van der Waals surface area (Å²) in [6.07, 6.45) is 3.62. The smallest absolute Gasteiger partial charge is 0.0728 e. The number of thiophene rings is 1. The molecule has 1 aromatic rings. The fourth-order valence-corrected chi connectivity index (χ4v) is 3.06. The Morgan fingerprint density at radius 1 is 1.19 bits per heavy atom. The van der Waals surface area contributed by atoms with Crippen molar-refractivity contribution in [1.82, 2.24) is 5.32 Å². The maximum Gasteiger partial charge on any atom is 0.0728 e. The molecule has 0 amide bonds. The van der Waals surface area contributed by atoms with Gasteiger partial charge in [-0.15, -0.1) is 11.3 Å². The predicted molar refractivity (Wildman–Crippen MR) is 85.9 cm³/mol. The van der Waals surface area contributed by atoms with E-state index in [0.717, 1.165) is 32.2 Å². The van der Waals surface area contributed by atoms with Gasteiger partial charge in [0, 0.05) is 42.7 Å². The number of hydrogen-bond acceptors (Lipinski definition) is 5. The van der Waals surface area contributed by atoms with Crippen LogP contribution in [-0.2, 0) is 27.4 Å². The van der Waals surface area contributed by atoms with Gasteiger partial charge in [-0.1, -0.05) is 0 Å². The van der Waals surface area contributed by atoms with E-state index in [1.54, 1.807) is 7.11 Å². The van der Waals surface area contributed by atoms with Gasteiger partial charge in [-0.05, 0) is 37.8 Å². The molecule has 4 nitrogen and oxygen atoms in total. The van der Waals surface area contributed by atoms with Gasteiger partial charge in [0.1, 0.15) is 0 Å². The van der Waals surface area contributed by atoms with Crippen molar-refractivity contribution in [3.63, 3.8) is 0 Å². The number of rotatable bonds is 12. The van der Waals surface area contributed by atoms with Crippen molar-refractivity contribution in [2.24, 2.45) is 0 Å². The SMILES string of the molecule is COCCCOCCOCc1cc(CNC2CC2)sc1C. The van der Waals surface area contributed by atoms with E-state index in [1.165, 1.54) is 28.2 Å². The van der Waals surface area contributed by atoms with Gasteiger partial charge in [0.05, 0.1) is 19.8 Å². The normalized spacial score (nSPS) is 14.8. The van der Waals surface area contributed by atoms with E-state index in [9.17, 15) is 0 Å². The standard InChI is InChI=1S/C16H27NO3S/c1-13-14(10-16(21-13)11-17-15-4-5-15)12-20-9-8-19-7-3-6-18-2/h10,15,17H,3-9,11-12H2,1-2H3. The summed E-state index contributed by atoms with van der Waals surface area (Å²) in [7, 11) is 1.71. The van der Waals surface area contributed by atoms with Crippen LogP contribution in [0.15, 0.2) is 6.07 Å². The van der Waals surface area contributed by atoms with Crippen molar-refractivity contribution >= 4 is 11.3 Å². The number of hydrogen-bond donors (Lipinski definition) is 1. The van der Waals surface area contributed by atoms with Gasteiger partial charge in [-0.3, -0.25) is 0 Å². The lowest BCUT2D eigenvalue weighted by Gasteiger charge is -2.05. The van der Waals surface area contributed by atoms with E-state index in [0.29, 0.717) is 19.8 Å². The van der Waals surface area contributed by atoms with Gasteiger partial charge < -0.3 is 19.5 Å². The first kappa shape index (κ1) is 16.9. The van der Waals surface area contributed by atoms with Crippen LogP contribution in [0.2, 0.25) is 0 Å². The largest absolute Gasteiger partial charge is 0.385 e. The van der Waals surface area contributed by atoms with Crippen molar-refractivity contribution in [1.29, 1.82) is 0 Å². The molecule has 5 heteroatoms. The Kier molecular flexibility index (Phi) is 7.68. The predicted octanol–water partition coefficient (Wildman–Crippen LogP) is 2.88. The van der Waals surface area contributed by atoms with Crippen LogP contribution in [0.3, 0.4) is 0 Å². The molecule has 0 aromatic carbocycles. The molecule has 120 valence electrons. The lowest BCUT2D eigenvalue weighted by Crippen LogP contribution is -2.14. The van der Waals surface area contributed by atoms with E-state index >= 15 is 0 Å². The molecule has 1 heterocycles. The first-order valence-electron chi connectivity index (χ1n) is 7.75. The Hall–Kier alpha value is -0.460. The van der Waals surface area contributed by atoms with E-state index in [4.69, 9.17) is 14.2 Å². The van der Waals surface area contributed by atoms with Crippen molar-refractivity contribution in [3.8, 4) is 0 Å². The van der Waals surface area contributed by atoms with Crippen LogP contribution >= 0.6 is 11.3 Å².